The van der Waals surface area contributed by atoms with Gasteiger partial charge in [0, 0.05) is 42.4 Å². The van der Waals surface area contributed by atoms with E-state index in [4.69, 9.17) is 9.84 Å². The van der Waals surface area contributed by atoms with Crippen LogP contribution >= 0.6 is 11.3 Å². The van der Waals surface area contributed by atoms with Crippen LogP contribution in [0.1, 0.15) is 25.7 Å². The molecule has 212 valence electrons. The van der Waals surface area contributed by atoms with Gasteiger partial charge in [0.2, 0.25) is 0 Å². The van der Waals surface area contributed by atoms with Gasteiger partial charge in [-0.25, -0.2) is 9.78 Å². The van der Waals surface area contributed by atoms with Gasteiger partial charge in [0.1, 0.15) is 10.8 Å². The minimum Gasteiger partial charge on any atom is -0.497 e. The molecule has 0 spiro atoms. The Kier molecular flexibility index (Phi) is 13.7. The molecule has 0 atom stereocenters. The normalized spacial score (nSPS) is 13.5. The topological polar surface area (TPSA) is 86.7 Å². The van der Waals surface area contributed by atoms with Gasteiger partial charge in [0.15, 0.2) is 0 Å². The van der Waals surface area contributed by atoms with Crippen LogP contribution in [0.5, 0.6) is 5.75 Å². The first-order valence-electron chi connectivity index (χ1n) is 13.6. The molecule has 0 radical (unpaired) electrons. The van der Waals surface area contributed by atoms with Crippen LogP contribution in [0, 0.1) is 0 Å². The summed E-state index contributed by atoms with van der Waals surface area (Å²) in [6.07, 6.45) is 4.32. The second kappa shape index (κ2) is 17.8. The van der Waals surface area contributed by atoms with Crippen LogP contribution in [-0.4, -0.2) is 61.4 Å². The monoisotopic (exact) mass is 560 g/mol. The number of benzene rings is 3. The van der Waals surface area contributed by atoms with Gasteiger partial charge in [-0.05, 0) is 63.0 Å². The number of amides is 2. The summed E-state index contributed by atoms with van der Waals surface area (Å²) < 4.78 is 5.12. The number of thiazole rings is 1. The average molecular weight is 561 g/mol. The van der Waals surface area contributed by atoms with Gasteiger partial charge in [0.25, 0.3) is 0 Å². The van der Waals surface area contributed by atoms with Crippen LogP contribution < -0.4 is 15.4 Å². The van der Waals surface area contributed by atoms with Crippen molar-refractivity contribution in [3.8, 4) is 27.6 Å². The number of hydrogen-bond acceptors (Lipinski definition) is 6. The van der Waals surface area contributed by atoms with Crippen LogP contribution in [0.4, 0.5) is 10.5 Å². The Labute approximate surface area is 241 Å². The second-order valence-corrected chi connectivity index (χ2v) is 9.94. The van der Waals surface area contributed by atoms with E-state index >= 15 is 0 Å². The summed E-state index contributed by atoms with van der Waals surface area (Å²) in [5, 5.41) is 16.6. The number of methoxy groups -OCH3 is 1. The predicted octanol–water partition coefficient (Wildman–Crippen LogP) is 6.78. The Hall–Kier alpha value is -3.72. The fraction of sp³-hybridized carbons (Fsp3) is 0.312. The number of carbonyl (C=O) groups excluding carboxylic acids is 1. The summed E-state index contributed by atoms with van der Waals surface area (Å²) in [5.41, 5.74) is 4.21. The maximum atomic E-state index is 12.4. The fourth-order valence-electron chi connectivity index (χ4n) is 4.15. The first-order valence-corrected chi connectivity index (χ1v) is 14.5. The van der Waals surface area contributed by atoms with E-state index < -0.39 is 0 Å². The van der Waals surface area contributed by atoms with Crippen molar-refractivity contribution in [1.82, 2.24) is 15.2 Å². The lowest BCUT2D eigenvalue weighted by molar-refractivity contribution is 0.208. The van der Waals surface area contributed by atoms with Crippen molar-refractivity contribution in [2.45, 2.75) is 25.7 Å². The number of aromatic nitrogens is 1. The molecule has 5 rings (SSSR count). The number of ether oxygens (including phenoxy) is 1. The minimum absolute atomic E-state index is 0.00583. The standard InChI is InChI=1S/C16H25N3O2.C15H11NS.CH4O/c1-21-15-8-6-14(7-9-15)18-16(20)19-12-4-2-10-17-11-3-5-13-19;1-3-7-12(8-4-1)14-11-17-15(16-14)13-9-5-2-6-10-13;1-2/h6-9,17H,2-5,10-13H2,1H3,(H,18,20);1-11H;2H,1H3. The number of rotatable bonds is 4. The molecule has 2 heterocycles. The molecule has 3 N–H and O–H groups in total. The van der Waals surface area contributed by atoms with Gasteiger partial charge in [-0.3, -0.25) is 0 Å². The van der Waals surface area contributed by atoms with Gasteiger partial charge in [0.05, 0.1) is 12.8 Å². The van der Waals surface area contributed by atoms with Crippen LogP contribution in [0.15, 0.2) is 90.3 Å². The quantitative estimate of drug-likeness (QED) is 0.256. The molecule has 1 fully saturated rings. The van der Waals surface area contributed by atoms with Crippen LogP contribution in [0.3, 0.4) is 0 Å². The highest BCUT2D eigenvalue weighted by atomic mass is 32.1. The molecule has 2 amide bonds. The molecule has 4 aromatic rings. The minimum atomic E-state index is -0.00583. The second-order valence-electron chi connectivity index (χ2n) is 9.08. The number of nitrogens with zero attached hydrogens (tertiary/aromatic N) is 2. The summed E-state index contributed by atoms with van der Waals surface area (Å²) in [6, 6.07) is 28.0. The van der Waals surface area contributed by atoms with Crippen molar-refractivity contribution in [3.05, 3.63) is 90.3 Å². The van der Waals surface area contributed by atoms with Gasteiger partial charge >= 0.3 is 6.03 Å². The predicted molar refractivity (Wildman–Crippen MR) is 166 cm³/mol. The largest absolute Gasteiger partial charge is 0.497 e. The maximum Gasteiger partial charge on any atom is 0.321 e. The lowest BCUT2D eigenvalue weighted by atomic mass is 10.2. The maximum absolute atomic E-state index is 12.4. The smallest absolute Gasteiger partial charge is 0.321 e. The first kappa shape index (κ1) is 30.8. The van der Waals surface area contributed by atoms with Crippen LogP contribution in [-0.2, 0) is 0 Å². The van der Waals surface area contributed by atoms with E-state index in [1.165, 1.54) is 11.1 Å². The molecule has 1 aliphatic rings. The molecule has 8 heteroatoms. The van der Waals surface area contributed by atoms with E-state index in [0.717, 1.165) is 81.1 Å². The zero-order valence-corrected chi connectivity index (χ0v) is 24.2. The van der Waals surface area contributed by atoms with E-state index in [1.54, 1.807) is 18.4 Å². The number of hydrogen-bond donors (Lipinski definition) is 3. The van der Waals surface area contributed by atoms with Crippen molar-refractivity contribution >= 4 is 23.1 Å². The highest BCUT2D eigenvalue weighted by Gasteiger charge is 2.14. The number of aliphatic hydroxyl groups is 1. The Bertz CT molecular complexity index is 1170. The zero-order valence-electron chi connectivity index (χ0n) is 23.4. The first-order chi connectivity index (χ1) is 19.7. The molecule has 1 aliphatic heterocycles. The van der Waals surface area contributed by atoms with E-state index in [-0.39, 0.29) is 6.03 Å². The van der Waals surface area contributed by atoms with Crippen molar-refractivity contribution in [3.63, 3.8) is 0 Å². The fourth-order valence-corrected chi connectivity index (χ4v) is 4.99. The SMILES string of the molecule is CO.COc1ccc(NC(=O)N2CCCCNCCCC2)cc1.c1ccc(-c2csc(-c3ccccc3)n2)cc1. The van der Waals surface area contributed by atoms with Gasteiger partial charge in [-0.15, -0.1) is 11.3 Å². The Morgan fingerprint density at radius 1 is 0.850 bits per heavy atom. The van der Waals surface area contributed by atoms with Gasteiger partial charge in [-0.1, -0.05) is 60.7 Å². The Morgan fingerprint density at radius 2 is 1.43 bits per heavy atom. The highest BCUT2D eigenvalue weighted by molar-refractivity contribution is 7.13. The van der Waals surface area contributed by atoms with Crippen LogP contribution in [0.2, 0.25) is 0 Å². The number of anilines is 1. The van der Waals surface area contributed by atoms with Crippen LogP contribution in [0.25, 0.3) is 21.8 Å². The van der Waals surface area contributed by atoms with E-state index in [9.17, 15) is 4.79 Å². The van der Waals surface area contributed by atoms with E-state index in [0.29, 0.717) is 0 Å². The molecule has 7 nitrogen and oxygen atoms in total. The summed E-state index contributed by atoms with van der Waals surface area (Å²) in [4.78, 5) is 18.9. The van der Waals surface area contributed by atoms with Crippen molar-refractivity contribution in [2.24, 2.45) is 0 Å². The molecule has 1 saturated heterocycles. The van der Waals surface area contributed by atoms with Crippen molar-refractivity contribution in [2.75, 3.05) is 45.7 Å². The molecule has 40 heavy (non-hydrogen) atoms. The third kappa shape index (κ3) is 10.1. The Morgan fingerprint density at radius 3 is 2.00 bits per heavy atom. The summed E-state index contributed by atoms with van der Waals surface area (Å²) in [7, 11) is 2.63. The van der Waals surface area contributed by atoms with Gasteiger partial charge in [-0.2, -0.15) is 0 Å². The molecular formula is C32H40N4O3S. The van der Waals surface area contributed by atoms with E-state index in [1.807, 2.05) is 65.6 Å². The third-order valence-electron chi connectivity index (χ3n) is 6.29. The average Bonchev–Trinajstić information content (AvgIpc) is 3.53. The summed E-state index contributed by atoms with van der Waals surface area (Å²) in [5.74, 6) is 0.791. The lowest BCUT2D eigenvalue weighted by Gasteiger charge is -2.24. The number of nitrogens with one attached hydrogen (secondary N) is 2. The highest BCUT2D eigenvalue weighted by Crippen LogP contribution is 2.28. The molecule has 0 unspecified atom stereocenters. The van der Waals surface area contributed by atoms with Crippen molar-refractivity contribution < 1.29 is 14.6 Å². The molecule has 1 aromatic heterocycles. The molecular weight excluding hydrogens is 520 g/mol. The van der Waals surface area contributed by atoms with Crippen molar-refractivity contribution in [1.29, 1.82) is 0 Å². The summed E-state index contributed by atoms with van der Waals surface area (Å²) in [6.45, 7) is 3.75. The molecule has 3 aromatic carbocycles. The number of carbonyl (C=O) groups is 1. The van der Waals surface area contributed by atoms with E-state index in [2.05, 4.69) is 45.3 Å². The number of aliphatic hydroxyl groups excluding tert-OH is 1. The lowest BCUT2D eigenvalue weighted by Crippen LogP contribution is -2.37. The third-order valence-corrected chi connectivity index (χ3v) is 7.18. The molecule has 0 bridgehead atoms. The number of urea groups is 1. The Balaban J connectivity index is 0.000000211. The molecule has 0 aliphatic carbocycles. The zero-order chi connectivity index (χ0) is 28.4. The van der Waals surface area contributed by atoms with Gasteiger partial charge < -0.3 is 25.4 Å². The molecule has 0 saturated carbocycles. The summed E-state index contributed by atoms with van der Waals surface area (Å²) >= 11 is 1.69.